The van der Waals surface area contributed by atoms with Crippen molar-refractivity contribution in [3.05, 3.63) is 0 Å². The molecule has 6 atom stereocenters. The van der Waals surface area contributed by atoms with Crippen LogP contribution in [0.15, 0.2) is 0 Å². The summed E-state index contributed by atoms with van der Waals surface area (Å²) in [6, 6.07) is 0. The first-order valence-electron chi connectivity index (χ1n) is 44.2. The number of aliphatic hydroxyl groups is 1. The molecule has 0 aliphatic rings. The smallest absolute Gasteiger partial charge is 0.462 e. The summed E-state index contributed by atoms with van der Waals surface area (Å²) < 4.78 is 68.6. The summed E-state index contributed by atoms with van der Waals surface area (Å²) in [6.07, 6.45) is 71.4. The molecule has 0 saturated heterocycles. The third kappa shape index (κ3) is 76.8. The summed E-state index contributed by atoms with van der Waals surface area (Å²) >= 11 is 0. The van der Waals surface area contributed by atoms with Crippen LogP contribution < -0.4 is 0 Å². The first-order chi connectivity index (χ1) is 50.6. The molecule has 0 saturated carbocycles. The number of carbonyl (C=O) groups is 4. The van der Waals surface area contributed by atoms with Crippen LogP contribution in [-0.2, 0) is 65.4 Å². The highest BCUT2D eigenvalue weighted by Gasteiger charge is 2.30. The van der Waals surface area contributed by atoms with E-state index >= 15 is 0 Å². The third-order valence-corrected chi connectivity index (χ3v) is 22.3. The maximum absolute atomic E-state index is 13.1. The maximum Gasteiger partial charge on any atom is 0.472 e. The second-order valence-corrected chi connectivity index (χ2v) is 33.7. The van der Waals surface area contributed by atoms with Crippen LogP contribution in [0, 0.1) is 5.92 Å². The van der Waals surface area contributed by atoms with Gasteiger partial charge in [-0.15, -0.1) is 0 Å². The number of rotatable bonds is 85. The molecule has 3 unspecified atom stereocenters. The minimum atomic E-state index is -4.96. The number of phosphoric acid groups is 2. The molecule has 0 bridgehead atoms. The van der Waals surface area contributed by atoms with Crippen molar-refractivity contribution >= 4 is 39.5 Å². The second-order valence-electron chi connectivity index (χ2n) is 30.8. The van der Waals surface area contributed by atoms with Gasteiger partial charge in [0.25, 0.3) is 0 Å². The van der Waals surface area contributed by atoms with Gasteiger partial charge in [-0.2, -0.15) is 0 Å². The Kier molecular flexibility index (Phi) is 76.3. The van der Waals surface area contributed by atoms with Gasteiger partial charge in [0.15, 0.2) is 12.2 Å². The fourth-order valence-electron chi connectivity index (χ4n) is 13.3. The maximum atomic E-state index is 13.1. The molecule has 104 heavy (non-hydrogen) atoms. The van der Waals surface area contributed by atoms with Crippen molar-refractivity contribution < 1.29 is 80.2 Å². The number of aliphatic hydroxyl groups excluding tert-OH is 1. The molecule has 0 heterocycles. The van der Waals surface area contributed by atoms with Gasteiger partial charge in [-0.1, -0.05) is 407 Å². The molecule has 17 nitrogen and oxygen atoms in total. The van der Waals surface area contributed by atoms with Crippen molar-refractivity contribution in [1.29, 1.82) is 0 Å². The zero-order valence-electron chi connectivity index (χ0n) is 68.2. The molecule has 19 heteroatoms. The molecular formula is C85H166O17P2. The van der Waals surface area contributed by atoms with Crippen molar-refractivity contribution in [2.45, 2.75) is 477 Å². The van der Waals surface area contributed by atoms with E-state index in [1.54, 1.807) is 0 Å². The highest BCUT2D eigenvalue weighted by Crippen LogP contribution is 2.45. The Morgan fingerprint density at radius 2 is 0.462 bits per heavy atom. The molecular weight excluding hydrogens is 1350 g/mol. The van der Waals surface area contributed by atoms with Crippen molar-refractivity contribution in [1.82, 2.24) is 0 Å². The first-order valence-corrected chi connectivity index (χ1v) is 47.2. The lowest BCUT2D eigenvalue weighted by Crippen LogP contribution is -2.30. The van der Waals surface area contributed by atoms with Crippen LogP contribution in [0.4, 0.5) is 0 Å². The Balaban J connectivity index is 5.09. The number of esters is 4. The molecule has 0 radical (unpaired) electrons. The lowest BCUT2D eigenvalue weighted by Gasteiger charge is -2.21. The fourth-order valence-corrected chi connectivity index (χ4v) is 14.8. The van der Waals surface area contributed by atoms with Gasteiger partial charge in [-0.05, 0) is 31.6 Å². The van der Waals surface area contributed by atoms with Gasteiger partial charge in [0.2, 0.25) is 0 Å². The SMILES string of the molecule is CCCCCCCCCCCCCCCCCCCCCCCCC(=O)OC[C@H](COP(=O)(O)OC[C@@H](O)COP(=O)(O)OC[C@@H](COC(=O)CCCCCCC)OC(=O)CCCCCCCCCCCCCCCCC)OC(=O)CCCCCCCCCCCCCCCCCCCCC(C)CC. The van der Waals surface area contributed by atoms with Crippen LogP contribution in [0.5, 0.6) is 0 Å². The molecule has 0 spiro atoms. The van der Waals surface area contributed by atoms with Gasteiger partial charge in [0.1, 0.15) is 19.3 Å². The van der Waals surface area contributed by atoms with E-state index in [9.17, 15) is 43.2 Å². The monoisotopic (exact) mass is 1520 g/mol. The fraction of sp³-hybridized carbons (Fsp3) is 0.953. The van der Waals surface area contributed by atoms with E-state index in [4.69, 9.17) is 37.0 Å². The standard InChI is InChI=1S/C85H166O17P2/c1-6-10-13-16-18-20-22-24-26-27-28-29-30-31-35-39-42-46-50-54-59-64-69-83(88)96-75-81(102-85(90)71-66-61-56-52-48-44-40-36-33-32-34-38-41-45-49-53-58-62-67-78(5)9-4)77-100-104(93,94)98-73-79(86)72-97-103(91,92)99-76-80(74-95-82(87)68-63-57-15-12-8-3)101-84(89)70-65-60-55-51-47-43-37-25-23-21-19-17-14-11-7-2/h78-81,86H,6-77H2,1-5H3,(H,91,92)(H,93,94)/t78?,79-,80+,81+/m0/s1. The van der Waals surface area contributed by atoms with E-state index < -0.39 is 97.5 Å². The van der Waals surface area contributed by atoms with Crippen LogP contribution in [0.1, 0.15) is 458 Å². The molecule has 0 aliphatic heterocycles. The average molecular weight is 1520 g/mol. The predicted molar refractivity (Wildman–Crippen MR) is 428 cm³/mol. The van der Waals surface area contributed by atoms with Crippen molar-refractivity contribution in [3.63, 3.8) is 0 Å². The summed E-state index contributed by atoms with van der Waals surface area (Å²) in [5, 5.41) is 10.6. The van der Waals surface area contributed by atoms with Gasteiger partial charge in [0.05, 0.1) is 26.4 Å². The Labute approximate surface area is 638 Å². The van der Waals surface area contributed by atoms with E-state index in [-0.39, 0.29) is 25.7 Å². The zero-order chi connectivity index (χ0) is 76.2. The van der Waals surface area contributed by atoms with E-state index in [0.717, 1.165) is 102 Å². The van der Waals surface area contributed by atoms with Crippen molar-refractivity contribution in [3.8, 4) is 0 Å². The summed E-state index contributed by atoms with van der Waals surface area (Å²) in [5.41, 5.74) is 0. The molecule has 0 aromatic carbocycles. The minimum absolute atomic E-state index is 0.108. The molecule has 0 fully saturated rings. The topological polar surface area (TPSA) is 237 Å². The molecule has 618 valence electrons. The predicted octanol–water partition coefficient (Wildman–Crippen LogP) is 26.0. The Morgan fingerprint density at radius 1 is 0.269 bits per heavy atom. The quantitative estimate of drug-likeness (QED) is 0.0222. The summed E-state index contributed by atoms with van der Waals surface area (Å²) in [4.78, 5) is 72.8. The largest absolute Gasteiger partial charge is 0.472 e. The first kappa shape index (κ1) is 102. The van der Waals surface area contributed by atoms with Gasteiger partial charge in [0, 0.05) is 25.7 Å². The molecule has 0 aromatic heterocycles. The van der Waals surface area contributed by atoms with Crippen molar-refractivity contribution in [2.24, 2.45) is 5.92 Å². The van der Waals surface area contributed by atoms with Crippen LogP contribution in [0.2, 0.25) is 0 Å². The van der Waals surface area contributed by atoms with Gasteiger partial charge in [-0.3, -0.25) is 37.3 Å². The number of carbonyl (C=O) groups excluding carboxylic acids is 4. The lowest BCUT2D eigenvalue weighted by atomic mass is 9.99. The Hall–Kier alpha value is -1.94. The van der Waals surface area contributed by atoms with Gasteiger partial charge in [-0.25, -0.2) is 9.13 Å². The number of unbranched alkanes of at least 4 members (excludes halogenated alkanes) is 56. The normalized spacial score (nSPS) is 14.0. The second kappa shape index (κ2) is 77.8. The highest BCUT2D eigenvalue weighted by molar-refractivity contribution is 7.47. The van der Waals surface area contributed by atoms with Gasteiger partial charge < -0.3 is 33.8 Å². The van der Waals surface area contributed by atoms with E-state index in [0.29, 0.717) is 25.7 Å². The summed E-state index contributed by atoms with van der Waals surface area (Å²) in [5.74, 6) is -1.24. The third-order valence-electron chi connectivity index (χ3n) is 20.4. The number of phosphoric ester groups is 2. The average Bonchev–Trinajstić information content (AvgIpc) is 0.926. The molecule has 0 rings (SSSR count). The molecule has 0 aromatic rings. The Bertz CT molecular complexity index is 1980. The minimum Gasteiger partial charge on any atom is -0.462 e. The van der Waals surface area contributed by atoms with E-state index in [1.165, 1.54) is 276 Å². The highest BCUT2D eigenvalue weighted by atomic mass is 31.2. The van der Waals surface area contributed by atoms with E-state index in [1.807, 2.05) is 0 Å². The molecule has 0 amide bonds. The van der Waals surface area contributed by atoms with Gasteiger partial charge >= 0.3 is 39.5 Å². The zero-order valence-corrected chi connectivity index (χ0v) is 70.0. The molecule has 0 aliphatic carbocycles. The van der Waals surface area contributed by atoms with Crippen molar-refractivity contribution in [2.75, 3.05) is 39.6 Å². The number of hydrogen-bond acceptors (Lipinski definition) is 15. The summed E-state index contributed by atoms with van der Waals surface area (Å²) in [7, 11) is -9.91. The van der Waals surface area contributed by atoms with Crippen LogP contribution in [0.3, 0.4) is 0 Å². The Morgan fingerprint density at radius 3 is 0.683 bits per heavy atom. The van der Waals surface area contributed by atoms with Crippen LogP contribution >= 0.6 is 15.6 Å². The van der Waals surface area contributed by atoms with Crippen LogP contribution in [0.25, 0.3) is 0 Å². The number of hydrogen-bond donors (Lipinski definition) is 3. The number of ether oxygens (including phenoxy) is 4. The lowest BCUT2D eigenvalue weighted by molar-refractivity contribution is -0.161. The molecule has 3 N–H and O–H groups in total. The van der Waals surface area contributed by atoms with Crippen LogP contribution in [-0.4, -0.2) is 96.7 Å². The summed E-state index contributed by atoms with van der Waals surface area (Å²) in [6.45, 7) is 7.33. The van der Waals surface area contributed by atoms with E-state index in [2.05, 4.69) is 34.6 Å².